The lowest BCUT2D eigenvalue weighted by atomic mass is 10.1. The Kier molecular flexibility index (Phi) is 3.31. The Morgan fingerprint density at radius 2 is 1.88 bits per heavy atom. The lowest BCUT2D eigenvalue weighted by Gasteiger charge is -2.09. The van der Waals surface area contributed by atoms with Crippen LogP contribution in [0.4, 0.5) is 11.4 Å². The van der Waals surface area contributed by atoms with E-state index in [-0.39, 0.29) is 5.75 Å². The highest BCUT2D eigenvalue weighted by Crippen LogP contribution is 2.41. The van der Waals surface area contributed by atoms with Crippen LogP contribution < -0.4 is 4.74 Å². The number of phenols is 1. The van der Waals surface area contributed by atoms with Crippen LogP contribution in [0.2, 0.25) is 0 Å². The Hall–Kier alpha value is -3.48. The quantitative estimate of drug-likeness (QED) is 0.552. The molecule has 118 valence electrons. The van der Waals surface area contributed by atoms with Crippen molar-refractivity contribution in [2.24, 2.45) is 10.2 Å². The Labute approximate surface area is 136 Å². The zero-order chi connectivity index (χ0) is 16.5. The van der Waals surface area contributed by atoms with Crippen LogP contribution in [0.5, 0.6) is 11.5 Å². The third kappa shape index (κ3) is 2.32. The van der Waals surface area contributed by atoms with E-state index in [4.69, 9.17) is 4.74 Å². The summed E-state index contributed by atoms with van der Waals surface area (Å²) in [6, 6.07) is 14.5. The van der Waals surface area contributed by atoms with Crippen LogP contribution in [0, 0.1) is 0 Å². The van der Waals surface area contributed by atoms with Crippen molar-refractivity contribution in [3.05, 3.63) is 48.5 Å². The first-order valence-corrected chi connectivity index (χ1v) is 7.27. The maximum absolute atomic E-state index is 10.4. The fraction of sp³-hybridized carbons (Fsp3) is 0.0588. The largest absolute Gasteiger partial charge is 0.505 e. The minimum absolute atomic E-state index is 0.0673. The highest BCUT2D eigenvalue weighted by Gasteiger charge is 2.11. The molecule has 24 heavy (non-hydrogen) atoms. The summed E-state index contributed by atoms with van der Waals surface area (Å²) in [4.78, 5) is 0. The zero-order valence-electron chi connectivity index (χ0n) is 12.8. The molecule has 2 N–H and O–H groups in total. The normalized spacial score (nSPS) is 11.5. The van der Waals surface area contributed by atoms with Crippen molar-refractivity contribution in [1.29, 1.82) is 0 Å². The lowest BCUT2D eigenvalue weighted by Crippen LogP contribution is -1.85. The fourth-order valence-electron chi connectivity index (χ4n) is 2.56. The molecule has 0 saturated heterocycles. The highest BCUT2D eigenvalue weighted by atomic mass is 16.5. The van der Waals surface area contributed by atoms with Gasteiger partial charge in [0, 0.05) is 16.8 Å². The van der Waals surface area contributed by atoms with Crippen LogP contribution in [0.15, 0.2) is 58.8 Å². The van der Waals surface area contributed by atoms with E-state index in [0.717, 1.165) is 10.9 Å². The summed E-state index contributed by atoms with van der Waals surface area (Å²) < 4.78 is 5.39. The van der Waals surface area contributed by atoms with Crippen LogP contribution in [-0.4, -0.2) is 27.6 Å². The van der Waals surface area contributed by atoms with Gasteiger partial charge in [0.05, 0.1) is 18.3 Å². The van der Waals surface area contributed by atoms with E-state index in [1.807, 2.05) is 30.3 Å². The van der Waals surface area contributed by atoms with Crippen molar-refractivity contribution < 1.29 is 9.84 Å². The first-order chi connectivity index (χ1) is 11.8. The molecule has 0 unspecified atom stereocenters. The molecule has 0 atom stereocenters. The van der Waals surface area contributed by atoms with E-state index in [1.165, 1.54) is 0 Å². The van der Waals surface area contributed by atoms with Gasteiger partial charge < -0.3 is 9.84 Å². The van der Waals surface area contributed by atoms with Gasteiger partial charge in [0.25, 0.3) is 0 Å². The molecule has 7 heteroatoms. The second-order valence-corrected chi connectivity index (χ2v) is 5.21. The number of hydrogen-bond acceptors (Lipinski definition) is 6. The van der Waals surface area contributed by atoms with Crippen LogP contribution in [0.1, 0.15) is 0 Å². The number of aromatic amines is 1. The van der Waals surface area contributed by atoms with Crippen molar-refractivity contribution >= 4 is 33.2 Å². The number of phenolic OH excluding ortho intramolecular Hbond substituents is 1. The number of nitrogens with zero attached hydrogens (tertiary/aromatic N) is 4. The second-order valence-electron chi connectivity index (χ2n) is 5.21. The van der Waals surface area contributed by atoms with Crippen LogP contribution in [0.3, 0.4) is 0 Å². The van der Waals surface area contributed by atoms with Gasteiger partial charge in [-0.1, -0.05) is 29.5 Å². The summed E-state index contributed by atoms with van der Waals surface area (Å²) in [6.07, 6.45) is 0. The van der Waals surface area contributed by atoms with Crippen LogP contribution >= 0.6 is 0 Å². The smallest absolute Gasteiger partial charge is 0.151 e. The molecule has 0 spiro atoms. The van der Waals surface area contributed by atoms with E-state index >= 15 is 0 Å². The van der Waals surface area contributed by atoms with E-state index in [1.54, 1.807) is 25.3 Å². The summed E-state index contributed by atoms with van der Waals surface area (Å²) in [5, 5.41) is 30.7. The van der Waals surface area contributed by atoms with E-state index in [9.17, 15) is 5.11 Å². The molecule has 4 aromatic rings. The molecular weight excluding hydrogens is 306 g/mol. The number of aromatic hydroxyl groups is 1. The van der Waals surface area contributed by atoms with Crippen molar-refractivity contribution in [2.75, 3.05) is 7.11 Å². The Morgan fingerprint density at radius 1 is 1.04 bits per heavy atom. The molecule has 0 aliphatic heterocycles. The number of fused-ring (bicyclic) bond motifs is 2. The SMILES string of the molecule is COc1cc(/N=N/c2ccc3[nH]nnc3c2)c(O)c2ccccc12. The zero-order valence-corrected chi connectivity index (χ0v) is 12.8. The third-order valence-electron chi connectivity index (χ3n) is 3.76. The van der Waals surface area contributed by atoms with Crippen molar-refractivity contribution in [3.63, 3.8) is 0 Å². The number of nitrogens with one attached hydrogen (secondary N) is 1. The van der Waals surface area contributed by atoms with E-state index in [2.05, 4.69) is 25.6 Å². The van der Waals surface area contributed by atoms with Gasteiger partial charge in [-0.2, -0.15) is 5.11 Å². The Bertz CT molecular complexity index is 1070. The molecule has 0 aliphatic carbocycles. The highest BCUT2D eigenvalue weighted by molar-refractivity contribution is 5.97. The molecule has 1 aromatic heterocycles. The van der Waals surface area contributed by atoms with Gasteiger partial charge in [-0.25, -0.2) is 0 Å². The minimum atomic E-state index is 0.0673. The first kappa shape index (κ1) is 14.1. The number of aromatic nitrogens is 3. The van der Waals surface area contributed by atoms with Crippen molar-refractivity contribution in [2.45, 2.75) is 0 Å². The fourth-order valence-corrected chi connectivity index (χ4v) is 2.56. The van der Waals surface area contributed by atoms with Gasteiger partial charge in [-0.05, 0) is 18.2 Å². The molecular formula is C17H13N5O2. The molecule has 3 aromatic carbocycles. The topological polar surface area (TPSA) is 95.8 Å². The maximum atomic E-state index is 10.4. The summed E-state index contributed by atoms with van der Waals surface area (Å²) in [5.74, 6) is 0.696. The van der Waals surface area contributed by atoms with E-state index < -0.39 is 0 Å². The monoisotopic (exact) mass is 319 g/mol. The van der Waals surface area contributed by atoms with Gasteiger partial charge in [-0.3, -0.25) is 5.10 Å². The molecule has 4 rings (SSSR count). The number of rotatable bonds is 3. The summed E-state index contributed by atoms with van der Waals surface area (Å²) in [7, 11) is 1.58. The number of azo groups is 1. The number of ether oxygens (including phenoxy) is 1. The number of methoxy groups -OCH3 is 1. The summed E-state index contributed by atoms with van der Waals surface area (Å²) in [5.41, 5.74) is 2.48. The Balaban J connectivity index is 1.79. The molecule has 1 heterocycles. The predicted molar refractivity (Wildman–Crippen MR) is 90.2 cm³/mol. The molecule has 0 saturated carbocycles. The first-order valence-electron chi connectivity index (χ1n) is 7.27. The predicted octanol–water partition coefficient (Wildman–Crippen LogP) is 4.24. The van der Waals surface area contributed by atoms with Gasteiger partial charge in [0.15, 0.2) is 5.75 Å². The number of benzene rings is 3. The molecule has 0 amide bonds. The molecule has 0 radical (unpaired) electrons. The van der Waals surface area contributed by atoms with Crippen molar-refractivity contribution in [1.82, 2.24) is 15.4 Å². The van der Waals surface area contributed by atoms with Crippen LogP contribution in [-0.2, 0) is 0 Å². The average molecular weight is 319 g/mol. The van der Waals surface area contributed by atoms with Crippen molar-refractivity contribution in [3.8, 4) is 11.5 Å². The maximum Gasteiger partial charge on any atom is 0.151 e. The average Bonchev–Trinajstić information content (AvgIpc) is 3.09. The molecule has 0 fully saturated rings. The second kappa shape index (κ2) is 5.62. The Morgan fingerprint density at radius 3 is 2.71 bits per heavy atom. The van der Waals surface area contributed by atoms with Gasteiger partial charge >= 0.3 is 0 Å². The van der Waals surface area contributed by atoms with Gasteiger partial charge in [0.1, 0.15) is 17.0 Å². The standard InChI is InChI=1S/C17H13N5O2/c1-24-16-9-15(17(23)12-5-3-2-4-11(12)16)19-18-10-6-7-13-14(8-10)21-22-20-13/h2-9,23H,1H3,(H,20,21,22)/b19-18+. The summed E-state index contributed by atoms with van der Waals surface area (Å²) >= 11 is 0. The molecule has 0 aliphatic rings. The van der Waals surface area contributed by atoms with Crippen LogP contribution in [0.25, 0.3) is 21.8 Å². The summed E-state index contributed by atoms with van der Waals surface area (Å²) in [6.45, 7) is 0. The lowest BCUT2D eigenvalue weighted by molar-refractivity contribution is 0.418. The minimum Gasteiger partial charge on any atom is -0.505 e. The van der Waals surface area contributed by atoms with E-state index in [0.29, 0.717) is 28.0 Å². The van der Waals surface area contributed by atoms with Gasteiger partial charge in [-0.15, -0.1) is 10.2 Å². The molecule has 0 bridgehead atoms. The number of hydrogen-bond donors (Lipinski definition) is 2. The third-order valence-corrected chi connectivity index (χ3v) is 3.76. The molecule has 7 nitrogen and oxygen atoms in total. The van der Waals surface area contributed by atoms with Gasteiger partial charge in [0.2, 0.25) is 0 Å². The number of H-pyrrole nitrogens is 1.